The monoisotopic (exact) mass is 317 g/mol. The summed E-state index contributed by atoms with van der Waals surface area (Å²) in [4.78, 5) is 13.7. The smallest absolute Gasteiger partial charge is 0.145 e. The fourth-order valence-corrected chi connectivity index (χ4v) is 3.61. The van der Waals surface area contributed by atoms with Gasteiger partial charge in [-0.15, -0.1) is 0 Å². The van der Waals surface area contributed by atoms with E-state index in [1.165, 1.54) is 12.8 Å². The molecule has 1 N–H and O–H groups in total. The number of aryl methyl sites for hydroxylation is 1. The molecular formula is C17H27N5O. The number of anilines is 1. The van der Waals surface area contributed by atoms with Crippen LogP contribution in [0.3, 0.4) is 0 Å². The molecule has 2 aromatic rings. The molecular weight excluding hydrogens is 290 g/mol. The number of nitrogens with zero attached hydrogens (tertiary/aromatic N) is 5. The zero-order chi connectivity index (χ0) is 16.6. The molecule has 6 heteroatoms. The van der Waals surface area contributed by atoms with Gasteiger partial charge in [-0.1, -0.05) is 0 Å². The molecule has 3 rings (SSSR count). The van der Waals surface area contributed by atoms with Crippen LogP contribution >= 0.6 is 0 Å². The Bertz CT molecular complexity index is 683. The molecule has 1 fully saturated rings. The largest absolute Gasteiger partial charge is 0.396 e. The molecule has 0 saturated carbocycles. The van der Waals surface area contributed by atoms with Crippen LogP contribution in [0.5, 0.6) is 0 Å². The minimum Gasteiger partial charge on any atom is -0.396 e. The van der Waals surface area contributed by atoms with E-state index in [9.17, 15) is 5.11 Å². The van der Waals surface area contributed by atoms with Gasteiger partial charge in [0.2, 0.25) is 0 Å². The highest BCUT2D eigenvalue weighted by Gasteiger charge is 2.27. The van der Waals surface area contributed by atoms with E-state index < -0.39 is 0 Å². The molecule has 0 spiro atoms. The number of aliphatic hydroxyl groups excluding tert-OH is 1. The number of hydrogen-bond acceptors (Lipinski definition) is 5. The lowest BCUT2D eigenvalue weighted by molar-refractivity contribution is 0.179. The lowest BCUT2D eigenvalue weighted by atomic mass is 9.99. The summed E-state index contributed by atoms with van der Waals surface area (Å²) in [6, 6.07) is 1.10. The third-order valence-corrected chi connectivity index (χ3v) is 5.24. The van der Waals surface area contributed by atoms with Crippen LogP contribution in [0.2, 0.25) is 0 Å². The number of rotatable bonds is 4. The van der Waals surface area contributed by atoms with Gasteiger partial charge in [0.05, 0.1) is 5.39 Å². The van der Waals surface area contributed by atoms with Gasteiger partial charge in [-0.3, -0.25) is 0 Å². The Morgan fingerprint density at radius 1 is 1.30 bits per heavy atom. The van der Waals surface area contributed by atoms with E-state index in [1.54, 1.807) is 6.33 Å². The minimum atomic E-state index is 0.140. The van der Waals surface area contributed by atoms with E-state index in [-0.39, 0.29) is 6.61 Å². The number of likely N-dealkylation sites (N-methyl/N-ethyl adjacent to an activating group) is 2. The topological polar surface area (TPSA) is 57.4 Å². The number of aliphatic hydroxyl groups is 1. The van der Waals surface area contributed by atoms with Gasteiger partial charge in [-0.05, 0) is 38.8 Å². The van der Waals surface area contributed by atoms with Crippen molar-refractivity contribution < 1.29 is 5.11 Å². The Morgan fingerprint density at radius 3 is 2.78 bits per heavy atom. The molecule has 1 aliphatic rings. The standard InChI is InChI=1S/C17H27N5O/c1-12-5-6-14(10-20(12)2)22(4)17-15-13(7-8-23)9-21(3)16(15)18-11-19-17/h9,11-12,14,23H,5-8,10H2,1-4H3. The average Bonchev–Trinajstić information content (AvgIpc) is 2.86. The van der Waals surface area contributed by atoms with E-state index in [0.717, 1.165) is 29.0 Å². The molecule has 0 aromatic carbocycles. The van der Waals surface area contributed by atoms with Crippen LogP contribution in [0.4, 0.5) is 5.82 Å². The van der Waals surface area contributed by atoms with E-state index in [0.29, 0.717) is 18.5 Å². The molecule has 23 heavy (non-hydrogen) atoms. The van der Waals surface area contributed by atoms with Crippen molar-refractivity contribution in [1.82, 2.24) is 19.4 Å². The van der Waals surface area contributed by atoms with E-state index >= 15 is 0 Å². The van der Waals surface area contributed by atoms with Crippen molar-refractivity contribution in [3.05, 3.63) is 18.1 Å². The van der Waals surface area contributed by atoms with Gasteiger partial charge in [-0.2, -0.15) is 0 Å². The summed E-state index contributed by atoms with van der Waals surface area (Å²) in [5.41, 5.74) is 2.05. The van der Waals surface area contributed by atoms with Gasteiger partial charge < -0.3 is 19.5 Å². The van der Waals surface area contributed by atoms with Crippen LogP contribution in [0.1, 0.15) is 25.3 Å². The molecule has 6 nitrogen and oxygen atoms in total. The maximum Gasteiger partial charge on any atom is 0.145 e. The van der Waals surface area contributed by atoms with Gasteiger partial charge >= 0.3 is 0 Å². The second-order valence-electron chi connectivity index (χ2n) is 6.77. The van der Waals surface area contributed by atoms with Crippen LogP contribution in [-0.4, -0.2) is 63.9 Å². The zero-order valence-corrected chi connectivity index (χ0v) is 14.5. The highest BCUT2D eigenvalue weighted by Crippen LogP contribution is 2.30. The number of likely N-dealkylation sites (tertiary alicyclic amines) is 1. The van der Waals surface area contributed by atoms with Crippen LogP contribution < -0.4 is 4.90 Å². The fraction of sp³-hybridized carbons (Fsp3) is 0.647. The molecule has 0 aliphatic carbocycles. The Morgan fingerprint density at radius 2 is 2.09 bits per heavy atom. The predicted octanol–water partition coefficient (Wildman–Crippen LogP) is 1.42. The molecule has 1 saturated heterocycles. The molecule has 2 unspecified atom stereocenters. The molecule has 1 aliphatic heterocycles. The van der Waals surface area contributed by atoms with Crippen molar-refractivity contribution in [2.45, 2.75) is 38.3 Å². The van der Waals surface area contributed by atoms with Crippen molar-refractivity contribution >= 4 is 16.9 Å². The summed E-state index contributed by atoms with van der Waals surface area (Å²) in [5, 5.41) is 10.4. The van der Waals surface area contributed by atoms with E-state index in [1.807, 2.05) is 11.6 Å². The molecule has 3 heterocycles. The van der Waals surface area contributed by atoms with Gasteiger partial charge in [-0.25, -0.2) is 9.97 Å². The molecule has 0 bridgehead atoms. The number of piperidine rings is 1. The summed E-state index contributed by atoms with van der Waals surface area (Å²) < 4.78 is 2.02. The first-order valence-corrected chi connectivity index (χ1v) is 8.35. The van der Waals surface area contributed by atoms with Crippen molar-refractivity contribution in [2.24, 2.45) is 7.05 Å². The predicted molar refractivity (Wildman–Crippen MR) is 92.8 cm³/mol. The van der Waals surface area contributed by atoms with Crippen LogP contribution in [0.15, 0.2) is 12.5 Å². The van der Waals surface area contributed by atoms with Crippen molar-refractivity contribution in [1.29, 1.82) is 0 Å². The lowest BCUT2D eigenvalue weighted by Crippen LogP contribution is -2.48. The Balaban J connectivity index is 1.98. The van der Waals surface area contributed by atoms with E-state index in [2.05, 4.69) is 47.0 Å². The third-order valence-electron chi connectivity index (χ3n) is 5.24. The summed E-state index contributed by atoms with van der Waals surface area (Å²) in [6.45, 7) is 3.47. The quantitative estimate of drug-likeness (QED) is 0.924. The Kier molecular flexibility index (Phi) is 4.55. The zero-order valence-electron chi connectivity index (χ0n) is 14.5. The number of aromatic nitrogens is 3. The normalized spacial score (nSPS) is 22.7. The maximum atomic E-state index is 9.36. The van der Waals surface area contributed by atoms with Crippen molar-refractivity contribution in [2.75, 3.05) is 32.1 Å². The van der Waals surface area contributed by atoms with Crippen LogP contribution in [0, 0.1) is 0 Å². The SMILES string of the molecule is CC1CCC(N(C)c2ncnc3c2c(CCO)cn3C)CN1C. The molecule has 0 amide bonds. The summed E-state index contributed by atoms with van der Waals surface area (Å²) in [5.74, 6) is 0.979. The Hall–Kier alpha value is -1.66. The Labute approximate surface area is 137 Å². The van der Waals surface area contributed by atoms with Gasteiger partial charge in [0.15, 0.2) is 0 Å². The van der Waals surface area contributed by atoms with Crippen molar-refractivity contribution in [3.8, 4) is 0 Å². The highest BCUT2D eigenvalue weighted by molar-refractivity contribution is 5.91. The minimum absolute atomic E-state index is 0.140. The summed E-state index contributed by atoms with van der Waals surface area (Å²) in [7, 11) is 6.32. The van der Waals surface area contributed by atoms with E-state index in [4.69, 9.17) is 0 Å². The van der Waals surface area contributed by atoms with Gasteiger partial charge in [0.1, 0.15) is 17.8 Å². The lowest BCUT2D eigenvalue weighted by Gasteiger charge is -2.40. The first-order chi connectivity index (χ1) is 11.0. The molecule has 0 radical (unpaired) electrons. The second-order valence-corrected chi connectivity index (χ2v) is 6.77. The van der Waals surface area contributed by atoms with Crippen molar-refractivity contribution in [3.63, 3.8) is 0 Å². The molecule has 2 aromatic heterocycles. The molecule has 126 valence electrons. The summed E-state index contributed by atoms with van der Waals surface area (Å²) in [6.07, 6.45) is 6.72. The van der Waals surface area contributed by atoms with Gasteiger partial charge in [0.25, 0.3) is 0 Å². The van der Waals surface area contributed by atoms with Crippen LogP contribution in [0.25, 0.3) is 11.0 Å². The molecule has 2 atom stereocenters. The highest BCUT2D eigenvalue weighted by atomic mass is 16.2. The second kappa shape index (κ2) is 6.45. The number of hydrogen-bond donors (Lipinski definition) is 1. The van der Waals surface area contributed by atoms with Gasteiger partial charge in [0, 0.05) is 45.5 Å². The fourth-order valence-electron chi connectivity index (χ4n) is 3.61. The third kappa shape index (κ3) is 2.93. The summed E-state index contributed by atoms with van der Waals surface area (Å²) >= 11 is 0. The first kappa shape index (κ1) is 16.2. The van der Waals surface area contributed by atoms with Crippen LogP contribution in [-0.2, 0) is 13.5 Å². The first-order valence-electron chi connectivity index (χ1n) is 8.35. The average molecular weight is 317 g/mol. The maximum absolute atomic E-state index is 9.36. The number of fused-ring (bicyclic) bond motifs is 1.